The molecule has 3 rings (SSSR count). The van der Waals surface area contributed by atoms with Gasteiger partial charge in [0.15, 0.2) is 18.1 Å². The molecular formula is C22H19NO4. The minimum atomic E-state index is -0.305. The highest BCUT2D eigenvalue weighted by Crippen LogP contribution is 2.27. The fraction of sp³-hybridized carbons (Fsp3) is 0.0909. The molecule has 136 valence electrons. The molecule has 0 heterocycles. The Kier molecular flexibility index (Phi) is 5.84. The largest absolute Gasteiger partial charge is 0.493 e. The van der Waals surface area contributed by atoms with Crippen LogP contribution in [0.15, 0.2) is 72.8 Å². The third-order valence-corrected chi connectivity index (χ3v) is 3.96. The van der Waals surface area contributed by atoms with Gasteiger partial charge in [-0.2, -0.15) is 0 Å². The lowest BCUT2D eigenvalue weighted by Crippen LogP contribution is -2.20. The van der Waals surface area contributed by atoms with Gasteiger partial charge in [0.1, 0.15) is 6.29 Å². The molecule has 0 bridgehead atoms. The van der Waals surface area contributed by atoms with Gasteiger partial charge < -0.3 is 14.8 Å². The second kappa shape index (κ2) is 8.67. The number of nitrogens with one attached hydrogen (secondary N) is 1. The van der Waals surface area contributed by atoms with Crippen LogP contribution in [0.5, 0.6) is 11.5 Å². The minimum Gasteiger partial charge on any atom is -0.493 e. The van der Waals surface area contributed by atoms with Gasteiger partial charge in [0.05, 0.1) is 7.11 Å². The Bertz CT molecular complexity index is 921. The second-order valence-electron chi connectivity index (χ2n) is 5.81. The maximum atomic E-state index is 12.1. The standard InChI is InChI=1S/C22H19NO4/c1-26-20-12-7-16(14-24)13-21(20)27-15-22(25)23-19-10-8-18(9-11-19)17-5-3-2-4-6-17/h2-14H,15H2,1H3,(H,23,25). The van der Waals surface area contributed by atoms with Crippen molar-refractivity contribution in [3.63, 3.8) is 0 Å². The summed E-state index contributed by atoms with van der Waals surface area (Å²) < 4.78 is 10.7. The molecule has 0 aliphatic rings. The van der Waals surface area contributed by atoms with E-state index >= 15 is 0 Å². The summed E-state index contributed by atoms with van der Waals surface area (Å²) in [7, 11) is 1.50. The van der Waals surface area contributed by atoms with Crippen molar-refractivity contribution in [3.05, 3.63) is 78.4 Å². The third kappa shape index (κ3) is 4.73. The van der Waals surface area contributed by atoms with Gasteiger partial charge in [-0.05, 0) is 41.5 Å². The molecule has 1 amide bonds. The second-order valence-corrected chi connectivity index (χ2v) is 5.81. The van der Waals surface area contributed by atoms with Gasteiger partial charge in [0.2, 0.25) is 0 Å². The highest BCUT2D eigenvalue weighted by molar-refractivity contribution is 5.92. The molecule has 0 unspecified atom stereocenters. The summed E-state index contributed by atoms with van der Waals surface area (Å²) in [6, 6.07) is 22.3. The SMILES string of the molecule is COc1ccc(C=O)cc1OCC(=O)Nc1ccc(-c2ccccc2)cc1. The molecule has 0 atom stereocenters. The first-order chi connectivity index (χ1) is 13.2. The first-order valence-electron chi connectivity index (χ1n) is 8.41. The predicted molar refractivity (Wildman–Crippen MR) is 104 cm³/mol. The van der Waals surface area contributed by atoms with Crippen LogP contribution in [0.1, 0.15) is 10.4 Å². The van der Waals surface area contributed by atoms with Crippen LogP contribution >= 0.6 is 0 Å². The average Bonchev–Trinajstić information content (AvgIpc) is 2.73. The lowest BCUT2D eigenvalue weighted by atomic mass is 10.1. The number of rotatable bonds is 7. The van der Waals surface area contributed by atoms with Crippen molar-refractivity contribution < 1.29 is 19.1 Å². The maximum Gasteiger partial charge on any atom is 0.262 e. The Morgan fingerprint density at radius 3 is 2.30 bits per heavy atom. The van der Waals surface area contributed by atoms with E-state index in [1.54, 1.807) is 12.1 Å². The summed E-state index contributed by atoms with van der Waals surface area (Å²) in [6.45, 7) is -0.195. The summed E-state index contributed by atoms with van der Waals surface area (Å²) in [6.07, 6.45) is 0.709. The van der Waals surface area contributed by atoms with Crippen LogP contribution in [0, 0.1) is 0 Å². The van der Waals surface area contributed by atoms with E-state index in [4.69, 9.17) is 9.47 Å². The van der Waals surface area contributed by atoms with Crippen LogP contribution in [-0.2, 0) is 4.79 Å². The number of ether oxygens (including phenoxy) is 2. The van der Waals surface area contributed by atoms with Crippen LogP contribution in [0.4, 0.5) is 5.69 Å². The van der Waals surface area contributed by atoms with Crippen LogP contribution in [0.2, 0.25) is 0 Å². The fourth-order valence-corrected chi connectivity index (χ4v) is 2.60. The molecule has 1 N–H and O–H groups in total. The van der Waals surface area contributed by atoms with Crippen LogP contribution in [0.3, 0.4) is 0 Å². The highest BCUT2D eigenvalue weighted by Gasteiger charge is 2.09. The number of anilines is 1. The van der Waals surface area contributed by atoms with E-state index in [0.29, 0.717) is 29.0 Å². The molecule has 0 saturated carbocycles. The molecule has 3 aromatic rings. The molecule has 3 aromatic carbocycles. The molecular weight excluding hydrogens is 342 g/mol. The van der Waals surface area contributed by atoms with Crippen molar-refractivity contribution in [3.8, 4) is 22.6 Å². The number of carbonyl (C=O) groups is 2. The maximum absolute atomic E-state index is 12.1. The van der Waals surface area contributed by atoms with Crippen molar-refractivity contribution >= 4 is 17.9 Å². The van der Waals surface area contributed by atoms with Gasteiger partial charge in [-0.15, -0.1) is 0 Å². The van der Waals surface area contributed by atoms with Gasteiger partial charge in [-0.1, -0.05) is 42.5 Å². The molecule has 0 fully saturated rings. The summed E-state index contributed by atoms with van der Waals surface area (Å²) in [5, 5.41) is 2.78. The molecule has 0 radical (unpaired) electrons. The molecule has 0 aliphatic heterocycles. The molecule has 0 spiro atoms. The first-order valence-corrected chi connectivity index (χ1v) is 8.41. The zero-order valence-electron chi connectivity index (χ0n) is 14.8. The topological polar surface area (TPSA) is 64.6 Å². The molecule has 27 heavy (non-hydrogen) atoms. The Morgan fingerprint density at radius 2 is 1.63 bits per heavy atom. The van der Waals surface area contributed by atoms with Crippen molar-refractivity contribution in [2.24, 2.45) is 0 Å². The number of amides is 1. The van der Waals surface area contributed by atoms with Gasteiger partial charge in [0.25, 0.3) is 5.91 Å². The van der Waals surface area contributed by atoms with Crippen molar-refractivity contribution in [2.75, 3.05) is 19.0 Å². The molecule has 5 nitrogen and oxygen atoms in total. The predicted octanol–water partition coefficient (Wildman–Crippen LogP) is 4.19. The van der Waals surface area contributed by atoms with Gasteiger partial charge in [-0.25, -0.2) is 0 Å². The number of aldehydes is 1. The lowest BCUT2D eigenvalue weighted by Gasteiger charge is -2.11. The average molecular weight is 361 g/mol. The van der Waals surface area contributed by atoms with Crippen LogP contribution in [0.25, 0.3) is 11.1 Å². The van der Waals surface area contributed by atoms with E-state index in [2.05, 4.69) is 5.32 Å². The third-order valence-electron chi connectivity index (χ3n) is 3.96. The Balaban J connectivity index is 1.60. The Labute approximate surface area is 157 Å². The summed E-state index contributed by atoms with van der Waals surface area (Å²) in [5.41, 5.74) is 3.31. The first kappa shape index (κ1) is 18.2. The fourth-order valence-electron chi connectivity index (χ4n) is 2.60. The monoisotopic (exact) mass is 361 g/mol. The number of methoxy groups -OCH3 is 1. The summed E-state index contributed by atoms with van der Waals surface area (Å²) >= 11 is 0. The zero-order chi connectivity index (χ0) is 19.1. The minimum absolute atomic E-state index is 0.195. The van der Waals surface area contributed by atoms with E-state index in [1.165, 1.54) is 13.2 Å². The van der Waals surface area contributed by atoms with Crippen LogP contribution in [-0.4, -0.2) is 25.9 Å². The normalized spacial score (nSPS) is 10.1. The number of carbonyl (C=O) groups excluding carboxylic acids is 2. The van der Waals surface area contributed by atoms with Crippen LogP contribution < -0.4 is 14.8 Å². The number of hydrogen-bond donors (Lipinski definition) is 1. The smallest absolute Gasteiger partial charge is 0.262 e. The van der Waals surface area contributed by atoms with E-state index in [9.17, 15) is 9.59 Å². The Hall–Kier alpha value is -3.60. The quantitative estimate of drug-likeness (QED) is 0.641. The van der Waals surface area contributed by atoms with Crippen molar-refractivity contribution in [1.29, 1.82) is 0 Å². The summed E-state index contributed by atoms with van der Waals surface area (Å²) in [4.78, 5) is 23.0. The van der Waals surface area contributed by atoms with E-state index in [-0.39, 0.29) is 12.5 Å². The van der Waals surface area contributed by atoms with Crippen molar-refractivity contribution in [1.82, 2.24) is 0 Å². The molecule has 5 heteroatoms. The lowest BCUT2D eigenvalue weighted by molar-refractivity contribution is -0.118. The Morgan fingerprint density at radius 1 is 0.926 bits per heavy atom. The molecule has 0 aliphatic carbocycles. The summed E-state index contributed by atoms with van der Waals surface area (Å²) in [5.74, 6) is 0.498. The number of benzene rings is 3. The molecule has 0 saturated heterocycles. The van der Waals surface area contributed by atoms with Gasteiger partial charge in [0, 0.05) is 11.3 Å². The van der Waals surface area contributed by atoms with E-state index < -0.39 is 0 Å². The highest BCUT2D eigenvalue weighted by atomic mass is 16.5. The van der Waals surface area contributed by atoms with Crippen molar-refractivity contribution in [2.45, 2.75) is 0 Å². The zero-order valence-corrected chi connectivity index (χ0v) is 14.8. The number of hydrogen-bond acceptors (Lipinski definition) is 4. The van der Waals surface area contributed by atoms with Gasteiger partial charge in [-0.3, -0.25) is 9.59 Å². The van der Waals surface area contributed by atoms with E-state index in [0.717, 1.165) is 11.1 Å². The van der Waals surface area contributed by atoms with Gasteiger partial charge >= 0.3 is 0 Å². The van der Waals surface area contributed by atoms with E-state index in [1.807, 2.05) is 54.6 Å². The molecule has 0 aromatic heterocycles.